The van der Waals surface area contributed by atoms with Crippen LogP contribution in [-0.4, -0.2) is 24.3 Å². The van der Waals surface area contributed by atoms with Gasteiger partial charge in [-0.2, -0.15) is 0 Å². The summed E-state index contributed by atoms with van der Waals surface area (Å²) < 4.78 is 10.4. The van der Waals surface area contributed by atoms with E-state index in [2.05, 4.69) is 4.98 Å². The summed E-state index contributed by atoms with van der Waals surface area (Å²) in [7, 11) is 3.12. The van der Waals surface area contributed by atoms with E-state index in [0.29, 0.717) is 27.8 Å². The van der Waals surface area contributed by atoms with Crippen LogP contribution >= 0.6 is 11.6 Å². The Morgan fingerprint density at radius 3 is 2.32 bits per heavy atom. The Morgan fingerprint density at radius 1 is 1.05 bits per heavy atom. The van der Waals surface area contributed by atoms with Crippen molar-refractivity contribution < 1.29 is 14.6 Å². The highest BCUT2D eigenvalue weighted by molar-refractivity contribution is 6.29. The molecule has 1 aromatic carbocycles. The summed E-state index contributed by atoms with van der Waals surface area (Å²) in [6.45, 7) is 0. The molecule has 0 spiro atoms. The van der Waals surface area contributed by atoms with E-state index in [4.69, 9.17) is 21.1 Å². The van der Waals surface area contributed by atoms with E-state index >= 15 is 0 Å². The molecule has 0 fully saturated rings. The number of pyridine rings is 1. The highest BCUT2D eigenvalue weighted by Gasteiger charge is 2.14. The van der Waals surface area contributed by atoms with Crippen LogP contribution in [0, 0.1) is 0 Å². The van der Waals surface area contributed by atoms with Gasteiger partial charge in [-0.15, -0.1) is 0 Å². The molecule has 19 heavy (non-hydrogen) atoms. The Labute approximate surface area is 116 Å². The van der Waals surface area contributed by atoms with Gasteiger partial charge in [-0.3, -0.25) is 0 Å². The fourth-order valence-electron chi connectivity index (χ4n) is 1.76. The molecule has 5 heteroatoms. The lowest BCUT2D eigenvalue weighted by Crippen LogP contribution is -2.01. The van der Waals surface area contributed by atoms with Crippen LogP contribution in [0.25, 0.3) is 0 Å². The molecule has 0 amide bonds. The molecule has 0 aliphatic heterocycles. The lowest BCUT2D eigenvalue weighted by atomic mass is 10.0. The van der Waals surface area contributed by atoms with Crippen LogP contribution in [0.5, 0.6) is 11.5 Å². The molecule has 4 nitrogen and oxygen atoms in total. The van der Waals surface area contributed by atoms with Crippen molar-refractivity contribution >= 4 is 11.6 Å². The van der Waals surface area contributed by atoms with Crippen molar-refractivity contribution in [2.75, 3.05) is 14.2 Å². The van der Waals surface area contributed by atoms with Gasteiger partial charge in [0.15, 0.2) is 11.5 Å². The van der Waals surface area contributed by atoms with Gasteiger partial charge in [-0.1, -0.05) is 23.7 Å². The van der Waals surface area contributed by atoms with E-state index in [1.165, 1.54) is 0 Å². The molecule has 0 saturated heterocycles. The van der Waals surface area contributed by atoms with Gasteiger partial charge in [-0.25, -0.2) is 4.98 Å². The largest absolute Gasteiger partial charge is 0.493 e. The minimum atomic E-state index is -0.787. The first-order valence-corrected chi connectivity index (χ1v) is 6.05. The van der Waals surface area contributed by atoms with E-state index in [1.807, 2.05) is 0 Å². The average Bonchev–Trinajstić information content (AvgIpc) is 2.46. The quantitative estimate of drug-likeness (QED) is 0.875. The zero-order chi connectivity index (χ0) is 13.8. The van der Waals surface area contributed by atoms with Crippen LogP contribution in [0.1, 0.15) is 17.2 Å². The summed E-state index contributed by atoms with van der Waals surface area (Å²) in [5, 5.41) is 10.7. The standard InChI is InChI=1S/C14H14ClNO3/c1-18-11-5-3-9(7-12(11)19-2)14(17)10-4-6-13(15)16-8-10/h3-8,14,17H,1-2H3. The summed E-state index contributed by atoms with van der Waals surface area (Å²) in [5.41, 5.74) is 1.36. The van der Waals surface area contributed by atoms with Crippen molar-refractivity contribution in [2.45, 2.75) is 6.10 Å². The monoisotopic (exact) mass is 279 g/mol. The van der Waals surface area contributed by atoms with Gasteiger partial charge in [0, 0.05) is 11.8 Å². The molecule has 1 heterocycles. The molecule has 1 N–H and O–H groups in total. The maximum absolute atomic E-state index is 10.3. The van der Waals surface area contributed by atoms with Gasteiger partial charge >= 0.3 is 0 Å². The molecule has 1 aromatic heterocycles. The second-order valence-corrected chi connectivity index (χ2v) is 4.32. The van der Waals surface area contributed by atoms with E-state index in [0.717, 1.165) is 0 Å². The predicted octanol–water partition coefficient (Wildman–Crippen LogP) is 2.83. The first-order valence-electron chi connectivity index (χ1n) is 5.67. The number of benzene rings is 1. The number of hydrogen-bond donors (Lipinski definition) is 1. The van der Waals surface area contributed by atoms with Crippen LogP contribution in [0.3, 0.4) is 0 Å². The molecule has 1 atom stereocenters. The van der Waals surface area contributed by atoms with E-state index in [-0.39, 0.29) is 0 Å². The Morgan fingerprint density at radius 2 is 1.74 bits per heavy atom. The van der Waals surface area contributed by atoms with Gasteiger partial charge in [0.25, 0.3) is 0 Å². The van der Waals surface area contributed by atoms with Crippen molar-refractivity contribution in [1.29, 1.82) is 0 Å². The molecular formula is C14H14ClNO3. The molecule has 0 bridgehead atoms. The number of aromatic nitrogens is 1. The Bertz CT molecular complexity index is 557. The number of ether oxygens (including phenoxy) is 2. The number of nitrogens with zero attached hydrogens (tertiary/aromatic N) is 1. The fourth-order valence-corrected chi connectivity index (χ4v) is 1.88. The van der Waals surface area contributed by atoms with E-state index in [9.17, 15) is 5.11 Å². The molecule has 0 aliphatic carbocycles. The minimum Gasteiger partial charge on any atom is -0.493 e. The van der Waals surface area contributed by atoms with Crippen LogP contribution < -0.4 is 9.47 Å². The van der Waals surface area contributed by atoms with Crippen molar-refractivity contribution in [1.82, 2.24) is 4.98 Å². The molecular weight excluding hydrogens is 266 g/mol. The van der Waals surface area contributed by atoms with Gasteiger partial charge in [0.1, 0.15) is 11.3 Å². The van der Waals surface area contributed by atoms with Crippen molar-refractivity contribution in [3.8, 4) is 11.5 Å². The van der Waals surface area contributed by atoms with Crippen LogP contribution in [0.2, 0.25) is 5.15 Å². The highest BCUT2D eigenvalue weighted by Crippen LogP contribution is 2.32. The summed E-state index contributed by atoms with van der Waals surface area (Å²) in [6.07, 6.45) is 0.758. The van der Waals surface area contributed by atoms with E-state index < -0.39 is 6.10 Å². The van der Waals surface area contributed by atoms with Gasteiger partial charge in [0.05, 0.1) is 14.2 Å². The Balaban J connectivity index is 2.33. The lowest BCUT2D eigenvalue weighted by molar-refractivity contribution is 0.219. The maximum Gasteiger partial charge on any atom is 0.161 e. The number of hydrogen-bond acceptors (Lipinski definition) is 4. The van der Waals surface area contributed by atoms with Gasteiger partial charge in [0.2, 0.25) is 0 Å². The van der Waals surface area contributed by atoms with Crippen LogP contribution in [0.4, 0.5) is 0 Å². The SMILES string of the molecule is COc1ccc(C(O)c2ccc(Cl)nc2)cc1OC. The smallest absolute Gasteiger partial charge is 0.161 e. The zero-order valence-corrected chi connectivity index (χ0v) is 11.4. The number of aliphatic hydroxyl groups is 1. The maximum atomic E-state index is 10.3. The molecule has 1 unspecified atom stereocenters. The molecule has 0 saturated carbocycles. The number of halogens is 1. The van der Waals surface area contributed by atoms with Crippen LogP contribution in [0.15, 0.2) is 36.5 Å². The molecule has 0 aliphatic rings. The zero-order valence-electron chi connectivity index (χ0n) is 10.6. The summed E-state index contributed by atoms with van der Waals surface area (Å²) in [6, 6.07) is 8.64. The average molecular weight is 280 g/mol. The third kappa shape index (κ3) is 2.97. The third-order valence-electron chi connectivity index (χ3n) is 2.79. The number of aliphatic hydroxyl groups excluding tert-OH is 1. The number of rotatable bonds is 4. The molecule has 100 valence electrons. The fraction of sp³-hybridized carbons (Fsp3) is 0.214. The van der Waals surface area contributed by atoms with Crippen molar-refractivity contribution in [3.05, 3.63) is 52.8 Å². The minimum absolute atomic E-state index is 0.392. The van der Waals surface area contributed by atoms with Crippen molar-refractivity contribution in [2.24, 2.45) is 0 Å². The normalized spacial score (nSPS) is 12.0. The predicted molar refractivity (Wildman–Crippen MR) is 72.9 cm³/mol. The summed E-state index contributed by atoms with van der Waals surface area (Å²) >= 11 is 5.72. The second-order valence-electron chi connectivity index (χ2n) is 3.93. The molecule has 2 aromatic rings. The van der Waals surface area contributed by atoms with Gasteiger partial charge < -0.3 is 14.6 Å². The third-order valence-corrected chi connectivity index (χ3v) is 3.01. The van der Waals surface area contributed by atoms with Crippen molar-refractivity contribution in [3.63, 3.8) is 0 Å². The van der Waals surface area contributed by atoms with Gasteiger partial charge in [-0.05, 0) is 23.8 Å². The lowest BCUT2D eigenvalue weighted by Gasteiger charge is -2.14. The molecule has 2 rings (SSSR count). The summed E-state index contributed by atoms with van der Waals surface area (Å²) in [4.78, 5) is 3.95. The highest BCUT2D eigenvalue weighted by atomic mass is 35.5. The second kappa shape index (κ2) is 5.91. The summed E-state index contributed by atoms with van der Waals surface area (Å²) in [5.74, 6) is 1.19. The molecule has 0 radical (unpaired) electrons. The van der Waals surface area contributed by atoms with Crippen LogP contribution in [-0.2, 0) is 0 Å². The van der Waals surface area contributed by atoms with E-state index in [1.54, 1.807) is 50.7 Å². The number of methoxy groups -OCH3 is 2. The Kier molecular flexibility index (Phi) is 4.24. The Hall–Kier alpha value is -1.78. The topological polar surface area (TPSA) is 51.6 Å². The first kappa shape index (κ1) is 13.6. The first-order chi connectivity index (χ1) is 9.15.